The first-order chi connectivity index (χ1) is 6.48. The molecule has 3 N–H and O–H groups in total. The van der Waals surface area contributed by atoms with Gasteiger partial charge >= 0.3 is 0 Å². The van der Waals surface area contributed by atoms with Gasteiger partial charge in [0.15, 0.2) is 0 Å². The lowest BCUT2D eigenvalue weighted by Crippen LogP contribution is -2.39. The molecule has 82 valence electrons. The highest BCUT2D eigenvalue weighted by atomic mass is 16.3. The van der Waals surface area contributed by atoms with Gasteiger partial charge in [-0.3, -0.25) is 4.79 Å². The van der Waals surface area contributed by atoms with Gasteiger partial charge in [0, 0.05) is 32.0 Å². The van der Waals surface area contributed by atoms with Gasteiger partial charge in [-0.1, -0.05) is 13.8 Å². The first-order valence-electron chi connectivity index (χ1n) is 5.07. The van der Waals surface area contributed by atoms with Crippen LogP contribution in [0.4, 0.5) is 0 Å². The number of amides is 1. The topological polar surface area (TPSA) is 66.6 Å². The molecule has 0 saturated carbocycles. The molecular weight excluding hydrogens is 180 g/mol. The van der Waals surface area contributed by atoms with E-state index in [1.807, 2.05) is 18.7 Å². The number of carbonyl (C=O) groups excluding carboxylic acids is 1. The van der Waals surface area contributed by atoms with E-state index in [1.165, 1.54) is 0 Å². The molecule has 1 atom stereocenters. The van der Waals surface area contributed by atoms with Gasteiger partial charge in [0.1, 0.15) is 0 Å². The van der Waals surface area contributed by atoms with E-state index in [1.54, 1.807) is 0 Å². The van der Waals surface area contributed by atoms with Crippen LogP contribution >= 0.6 is 0 Å². The SMILES string of the molecule is CC(C)(CN)CN1CC(CO)CC1=O. The van der Waals surface area contributed by atoms with Crippen molar-refractivity contribution in [3.05, 3.63) is 0 Å². The maximum Gasteiger partial charge on any atom is 0.223 e. The lowest BCUT2D eigenvalue weighted by atomic mass is 9.93. The minimum Gasteiger partial charge on any atom is -0.396 e. The zero-order valence-electron chi connectivity index (χ0n) is 8.99. The van der Waals surface area contributed by atoms with Gasteiger partial charge in [-0.2, -0.15) is 0 Å². The Balaban J connectivity index is 2.50. The van der Waals surface area contributed by atoms with E-state index in [9.17, 15) is 4.79 Å². The van der Waals surface area contributed by atoms with Gasteiger partial charge in [0.25, 0.3) is 0 Å². The summed E-state index contributed by atoms with van der Waals surface area (Å²) in [6.07, 6.45) is 0.483. The summed E-state index contributed by atoms with van der Waals surface area (Å²) in [7, 11) is 0. The summed E-state index contributed by atoms with van der Waals surface area (Å²) in [6.45, 7) is 6.14. The van der Waals surface area contributed by atoms with Crippen LogP contribution in [0.2, 0.25) is 0 Å². The fourth-order valence-corrected chi connectivity index (χ4v) is 1.71. The smallest absolute Gasteiger partial charge is 0.223 e. The molecule has 4 heteroatoms. The number of nitrogens with zero attached hydrogens (tertiary/aromatic N) is 1. The normalized spacial score (nSPS) is 23.3. The van der Waals surface area contributed by atoms with E-state index in [4.69, 9.17) is 10.8 Å². The minimum absolute atomic E-state index is 0.0278. The fraction of sp³-hybridized carbons (Fsp3) is 0.900. The molecule has 1 unspecified atom stereocenters. The summed E-state index contributed by atoms with van der Waals surface area (Å²) in [6, 6.07) is 0. The maximum atomic E-state index is 11.5. The molecule has 1 rings (SSSR count). The predicted molar refractivity (Wildman–Crippen MR) is 54.6 cm³/mol. The third-order valence-electron chi connectivity index (χ3n) is 2.72. The molecule has 1 aliphatic heterocycles. The molecule has 4 nitrogen and oxygen atoms in total. The van der Waals surface area contributed by atoms with Crippen molar-refractivity contribution in [3.63, 3.8) is 0 Å². The lowest BCUT2D eigenvalue weighted by Gasteiger charge is -2.28. The van der Waals surface area contributed by atoms with E-state index in [2.05, 4.69) is 0 Å². The van der Waals surface area contributed by atoms with Crippen LogP contribution in [0, 0.1) is 11.3 Å². The standard InChI is InChI=1S/C10H20N2O2/c1-10(2,6-11)7-12-4-8(5-13)3-9(12)14/h8,13H,3-7,11H2,1-2H3. The molecule has 0 aromatic heterocycles. The Kier molecular flexibility index (Phi) is 3.50. The Morgan fingerprint density at radius 3 is 2.71 bits per heavy atom. The molecule has 0 bridgehead atoms. The van der Waals surface area contributed by atoms with Gasteiger partial charge in [-0.05, 0) is 12.0 Å². The lowest BCUT2D eigenvalue weighted by molar-refractivity contribution is -0.128. The second-order valence-electron chi connectivity index (χ2n) is 4.90. The van der Waals surface area contributed by atoms with Gasteiger partial charge in [0.2, 0.25) is 5.91 Å². The van der Waals surface area contributed by atoms with Crippen molar-refractivity contribution in [2.24, 2.45) is 17.1 Å². The number of likely N-dealkylation sites (tertiary alicyclic amines) is 1. The van der Waals surface area contributed by atoms with Crippen LogP contribution in [0.15, 0.2) is 0 Å². The number of rotatable bonds is 4. The Morgan fingerprint density at radius 1 is 1.64 bits per heavy atom. The van der Waals surface area contributed by atoms with Crippen LogP contribution < -0.4 is 5.73 Å². The van der Waals surface area contributed by atoms with Crippen LogP contribution in [-0.2, 0) is 4.79 Å². The van der Waals surface area contributed by atoms with E-state index in [0.29, 0.717) is 26.1 Å². The molecule has 1 saturated heterocycles. The fourth-order valence-electron chi connectivity index (χ4n) is 1.71. The summed E-state index contributed by atoms with van der Waals surface area (Å²) in [4.78, 5) is 13.3. The summed E-state index contributed by atoms with van der Waals surface area (Å²) >= 11 is 0. The summed E-state index contributed by atoms with van der Waals surface area (Å²) in [5.74, 6) is 0.265. The molecule has 0 aromatic carbocycles. The Bertz CT molecular complexity index is 216. The molecule has 1 aliphatic rings. The average Bonchev–Trinajstić information content (AvgIpc) is 2.47. The maximum absolute atomic E-state index is 11.5. The highest BCUT2D eigenvalue weighted by Gasteiger charge is 2.32. The van der Waals surface area contributed by atoms with E-state index >= 15 is 0 Å². The second kappa shape index (κ2) is 4.28. The first-order valence-corrected chi connectivity index (χ1v) is 5.07. The third-order valence-corrected chi connectivity index (χ3v) is 2.72. The highest BCUT2D eigenvalue weighted by Crippen LogP contribution is 2.22. The monoisotopic (exact) mass is 200 g/mol. The molecule has 14 heavy (non-hydrogen) atoms. The summed E-state index contributed by atoms with van der Waals surface area (Å²) < 4.78 is 0. The third kappa shape index (κ3) is 2.69. The average molecular weight is 200 g/mol. The van der Waals surface area contributed by atoms with Gasteiger partial charge in [-0.15, -0.1) is 0 Å². The van der Waals surface area contributed by atoms with Crippen molar-refractivity contribution < 1.29 is 9.90 Å². The Labute approximate surface area is 85.1 Å². The number of hydrogen-bond donors (Lipinski definition) is 2. The van der Waals surface area contributed by atoms with Crippen LogP contribution in [-0.4, -0.2) is 42.2 Å². The van der Waals surface area contributed by atoms with Crippen molar-refractivity contribution in [1.29, 1.82) is 0 Å². The molecule has 1 amide bonds. The number of hydrogen-bond acceptors (Lipinski definition) is 3. The zero-order valence-corrected chi connectivity index (χ0v) is 8.99. The summed E-state index contributed by atoms with van der Waals surface area (Å²) in [5, 5.41) is 8.95. The van der Waals surface area contributed by atoms with Crippen LogP contribution in [0.5, 0.6) is 0 Å². The predicted octanol–water partition coefficient (Wildman–Crippen LogP) is -0.188. The number of aliphatic hydroxyl groups excluding tert-OH is 1. The van der Waals surface area contributed by atoms with Crippen LogP contribution in [0.1, 0.15) is 20.3 Å². The van der Waals surface area contributed by atoms with Crippen molar-refractivity contribution in [2.75, 3.05) is 26.2 Å². The number of aliphatic hydroxyl groups is 1. The van der Waals surface area contributed by atoms with Crippen LogP contribution in [0.3, 0.4) is 0 Å². The number of carbonyl (C=O) groups is 1. The quantitative estimate of drug-likeness (QED) is 0.661. The molecule has 0 spiro atoms. The van der Waals surface area contributed by atoms with E-state index < -0.39 is 0 Å². The zero-order chi connectivity index (χ0) is 10.8. The van der Waals surface area contributed by atoms with E-state index in [0.717, 1.165) is 0 Å². The van der Waals surface area contributed by atoms with Gasteiger partial charge < -0.3 is 15.7 Å². The molecule has 0 radical (unpaired) electrons. The molecule has 0 aromatic rings. The summed E-state index contributed by atoms with van der Waals surface area (Å²) in [5.41, 5.74) is 5.58. The minimum atomic E-state index is -0.0278. The molecule has 1 heterocycles. The van der Waals surface area contributed by atoms with Crippen molar-refractivity contribution >= 4 is 5.91 Å². The van der Waals surface area contributed by atoms with Crippen molar-refractivity contribution in [3.8, 4) is 0 Å². The van der Waals surface area contributed by atoms with Crippen molar-refractivity contribution in [1.82, 2.24) is 4.90 Å². The molecular formula is C10H20N2O2. The van der Waals surface area contributed by atoms with E-state index in [-0.39, 0.29) is 23.8 Å². The second-order valence-corrected chi connectivity index (χ2v) is 4.90. The van der Waals surface area contributed by atoms with Crippen molar-refractivity contribution in [2.45, 2.75) is 20.3 Å². The van der Waals surface area contributed by atoms with Gasteiger partial charge in [0.05, 0.1) is 0 Å². The molecule has 1 fully saturated rings. The Hall–Kier alpha value is -0.610. The Morgan fingerprint density at radius 2 is 2.29 bits per heavy atom. The van der Waals surface area contributed by atoms with Gasteiger partial charge in [-0.25, -0.2) is 0 Å². The highest BCUT2D eigenvalue weighted by molar-refractivity contribution is 5.78. The molecule has 0 aliphatic carbocycles. The number of nitrogens with two attached hydrogens (primary N) is 1. The van der Waals surface area contributed by atoms with Crippen LogP contribution in [0.25, 0.3) is 0 Å². The largest absolute Gasteiger partial charge is 0.396 e. The first kappa shape index (κ1) is 11.5.